The van der Waals surface area contributed by atoms with Crippen LogP contribution in [0.4, 0.5) is 0 Å². The van der Waals surface area contributed by atoms with E-state index in [4.69, 9.17) is 28.3 Å². The van der Waals surface area contributed by atoms with Crippen LogP contribution in [0.2, 0.25) is 0 Å². The van der Waals surface area contributed by atoms with Crippen molar-refractivity contribution in [3.8, 4) is 0 Å². The zero-order chi connectivity index (χ0) is 5.86. The van der Waals surface area contributed by atoms with Gasteiger partial charge in [0.25, 0.3) is 0 Å². The summed E-state index contributed by atoms with van der Waals surface area (Å²) in [5.74, 6) is -1.12. The average molecular weight is 216 g/mol. The number of alkyl halides is 2. The summed E-state index contributed by atoms with van der Waals surface area (Å²) in [6.45, 7) is 0. The molecule has 1 atom stereocenters. The minimum absolute atomic E-state index is 0. The van der Waals surface area contributed by atoms with E-state index in [2.05, 4.69) is 0 Å². The molecule has 0 amide bonds. The zero-order valence-electron chi connectivity index (χ0n) is 3.40. The molecule has 2 nitrogen and oxygen atoms in total. The Morgan fingerprint density at radius 1 is 1.75 bits per heavy atom. The maximum atomic E-state index is 9.71. The molecule has 0 saturated carbocycles. The fourth-order valence-electron chi connectivity index (χ4n) is 0.0660. The van der Waals surface area contributed by atoms with Crippen molar-refractivity contribution in [2.45, 2.75) is 5.38 Å². The van der Waals surface area contributed by atoms with Gasteiger partial charge >= 0.3 is 25.8 Å². The van der Waals surface area contributed by atoms with Gasteiger partial charge in [0.05, 0.1) is 0 Å². The van der Waals surface area contributed by atoms with Crippen LogP contribution in [-0.4, -0.2) is 42.1 Å². The first-order chi connectivity index (χ1) is 3.18. The molecule has 0 aromatic rings. The molecule has 1 N–H and O–H groups in total. The van der Waals surface area contributed by atoms with E-state index in [-0.39, 0.29) is 25.7 Å². The van der Waals surface area contributed by atoms with Gasteiger partial charge in [0.15, 0.2) is 0 Å². The molecule has 0 spiro atoms. The second-order valence-electron chi connectivity index (χ2n) is 0.960. The van der Waals surface area contributed by atoms with Crippen molar-refractivity contribution in [3.05, 3.63) is 0 Å². The Morgan fingerprint density at radius 3 is 2.12 bits per heavy atom. The van der Waals surface area contributed by atoms with Gasteiger partial charge in [-0.1, -0.05) is 0 Å². The summed E-state index contributed by atoms with van der Waals surface area (Å²) in [7, 11) is 0. The van der Waals surface area contributed by atoms with Crippen LogP contribution < -0.4 is 0 Å². The molecule has 0 aliphatic rings. The fourth-order valence-corrected chi connectivity index (χ4v) is 0.198. The summed E-state index contributed by atoms with van der Waals surface area (Å²) in [6, 6.07) is 0. The molecular formula is C3H7Cl2GaO2. The maximum absolute atomic E-state index is 9.71. The van der Waals surface area contributed by atoms with Gasteiger partial charge in [0.2, 0.25) is 0 Å². The molecule has 1 unspecified atom stereocenters. The summed E-state index contributed by atoms with van der Waals surface area (Å²) in [5.41, 5.74) is 0. The van der Waals surface area contributed by atoms with E-state index in [1.165, 1.54) is 0 Å². The summed E-state index contributed by atoms with van der Waals surface area (Å²) < 4.78 is 0. The van der Waals surface area contributed by atoms with Gasteiger partial charge in [-0.3, -0.25) is 4.79 Å². The second kappa shape index (κ2) is 5.82. The van der Waals surface area contributed by atoms with Crippen LogP contribution in [0.5, 0.6) is 0 Å². The normalized spacial score (nSPS) is 11.8. The predicted molar refractivity (Wildman–Crippen MR) is 37.9 cm³/mol. The van der Waals surface area contributed by atoms with Crippen molar-refractivity contribution in [3.63, 3.8) is 0 Å². The van der Waals surface area contributed by atoms with Crippen molar-refractivity contribution in [2.75, 3.05) is 5.88 Å². The van der Waals surface area contributed by atoms with Gasteiger partial charge in [-0.15, -0.1) is 23.2 Å². The SMILES string of the molecule is O=C(O)C(Cl)CCl.[GaH3]. The first-order valence-electron chi connectivity index (χ1n) is 1.61. The first kappa shape index (κ1) is 11.5. The Labute approximate surface area is 70.2 Å². The van der Waals surface area contributed by atoms with E-state index in [1.807, 2.05) is 0 Å². The van der Waals surface area contributed by atoms with Crippen LogP contribution in [0.1, 0.15) is 0 Å². The van der Waals surface area contributed by atoms with E-state index >= 15 is 0 Å². The van der Waals surface area contributed by atoms with Crippen LogP contribution in [0.15, 0.2) is 0 Å². The van der Waals surface area contributed by atoms with Gasteiger partial charge in [-0.05, 0) is 0 Å². The average Bonchev–Trinajstić information content (AvgIpc) is 1.65. The predicted octanol–water partition coefficient (Wildman–Crippen LogP) is -0.267. The van der Waals surface area contributed by atoms with Crippen LogP contribution in [-0.2, 0) is 4.79 Å². The van der Waals surface area contributed by atoms with Crippen LogP contribution in [0.3, 0.4) is 0 Å². The third-order valence-electron chi connectivity index (χ3n) is 0.403. The van der Waals surface area contributed by atoms with E-state index in [0.29, 0.717) is 0 Å². The molecule has 0 saturated heterocycles. The van der Waals surface area contributed by atoms with Gasteiger partial charge in [0, 0.05) is 5.88 Å². The number of carboxylic acids is 1. The van der Waals surface area contributed by atoms with Gasteiger partial charge < -0.3 is 5.11 Å². The standard InChI is InChI=1S/C3H4Cl2O2.Ga.3H/c4-1-2(5)3(6)7;;;;/h2H,1H2,(H,6,7);;;;. The van der Waals surface area contributed by atoms with Gasteiger partial charge in [0.1, 0.15) is 5.38 Å². The molecule has 0 aromatic carbocycles. The number of aliphatic carboxylic acids is 1. The molecule has 0 bridgehead atoms. The van der Waals surface area contributed by atoms with Crippen LogP contribution in [0, 0.1) is 0 Å². The monoisotopic (exact) mass is 214 g/mol. The summed E-state index contributed by atoms with van der Waals surface area (Å²) in [5, 5.41) is 7.02. The molecule has 5 heteroatoms. The first-order valence-corrected chi connectivity index (χ1v) is 2.58. The number of carboxylic acid groups (broad SMARTS) is 1. The van der Waals surface area contributed by atoms with Gasteiger partial charge in [-0.25, -0.2) is 0 Å². The molecule has 8 heavy (non-hydrogen) atoms. The Hall–Kier alpha value is 0.686. The van der Waals surface area contributed by atoms with Crippen molar-refractivity contribution < 1.29 is 9.90 Å². The number of carbonyl (C=O) groups is 1. The number of rotatable bonds is 2. The third kappa shape index (κ3) is 4.84. The fraction of sp³-hybridized carbons (Fsp3) is 0.667. The quantitative estimate of drug-likeness (QED) is 0.509. The van der Waals surface area contributed by atoms with Crippen molar-refractivity contribution in [1.29, 1.82) is 0 Å². The van der Waals surface area contributed by atoms with Gasteiger partial charge in [-0.2, -0.15) is 0 Å². The topological polar surface area (TPSA) is 37.3 Å². The van der Waals surface area contributed by atoms with Crippen LogP contribution in [0.25, 0.3) is 0 Å². The molecular weight excluding hydrogens is 209 g/mol. The van der Waals surface area contributed by atoms with Crippen molar-refractivity contribution in [2.24, 2.45) is 0 Å². The second-order valence-corrected chi connectivity index (χ2v) is 1.80. The van der Waals surface area contributed by atoms with Crippen molar-refractivity contribution >= 4 is 49.0 Å². The number of hydrogen-bond acceptors (Lipinski definition) is 1. The molecule has 0 aliphatic heterocycles. The van der Waals surface area contributed by atoms with Crippen LogP contribution >= 0.6 is 23.2 Å². The van der Waals surface area contributed by atoms with E-state index < -0.39 is 11.3 Å². The Balaban J connectivity index is 0. The summed E-state index contributed by atoms with van der Waals surface area (Å²) >= 11 is 10.1. The molecule has 0 heterocycles. The Bertz CT molecular complexity index is 77.7. The summed E-state index contributed by atoms with van der Waals surface area (Å²) in [6.07, 6.45) is 0. The molecule has 0 fully saturated rings. The Kier molecular flexibility index (Phi) is 8.35. The molecule has 0 rings (SSSR count). The number of hydrogen-bond donors (Lipinski definition) is 1. The minimum atomic E-state index is -1.07. The molecule has 0 aromatic heterocycles. The molecule has 0 radical (unpaired) electrons. The number of halogens is 2. The zero-order valence-corrected chi connectivity index (χ0v) is 4.91. The van der Waals surface area contributed by atoms with E-state index in [1.54, 1.807) is 0 Å². The molecule has 0 aliphatic carbocycles. The Morgan fingerprint density at radius 2 is 2.12 bits per heavy atom. The van der Waals surface area contributed by atoms with E-state index in [9.17, 15) is 4.79 Å². The third-order valence-corrected chi connectivity index (χ3v) is 1.21. The van der Waals surface area contributed by atoms with E-state index in [0.717, 1.165) is 0 Å². The van der Waals surface area contributed by atoms with Crippen molar-refractivity contribution in [1.82, 2.24) is 0 Å². The molecule has 48 valence electrons. The summed E-state index contributed by atoms with van der Waals surface area (Å²) in [4.78, 5) is 9.71.